The summed E-state index contributed by atoms with van der Waals surface area (Å²) in [5.41, 5.74) is 0.933. The maximum atomic E-state index is 5.47. The lowest BCUT2D eigenvalue weighted by atomic mass is 10.00. The lowest BCUT2D eigenvalue weighted by molar-refractivity contribution is 0.391. The smallest absolute Gasteiger partial charge is 0.237 e. The first-order chi connectivity index (χ1) is 14.2. The molecule has 2 aromatic heterocycles. The van der Waals surface area contributed by atoms with E-state index in [0.29, 0.717) is 23.5 Å². The number of anilines is 1. The summed E-state index contributed by atoms with van der Waals surface area (Å²) in [5, 5.41) is 14.1. The van der Waals surface area contributed by atoms with E-state index in [-0.39, 0.29) is 0 Å². The molecule has 2 fully saturated rings. The van der Waals surface area contributed by atoms with E-state index in [2.05, 4.69) is 52.7 Å². The van der Waals surface area contributed by atoms with E-state index in [1.807, 2.05) is 24.3 Å². The van der Waals surface area contributed by atoms with Crippen LogP contribution < -0.4 is 4.90 Å². The molecular weight excluding hydrogens is 452 g/mol. The summed E-state index contributed by atoms with van der Waals surface area (Å²) in [7, 11) is 0. The van der Waals surface area contributed by atoms with Gasteiger partial charge in [-0.05, 0) is 43.7 Å². The van der Waals surface area contributed by atoms with Gasteiger partial charge in [0.1, 0.15) is 0 Å². The van der Waals surface area contributed by atoms with Crippen molar-refractivity contribution in [3.8, 4) is 11.4 Å². The fourth-order valence-corrected chi connectivity index (χ4v) is 4.87. The van der Waals surface area contributed by atoms with Gasteiger partial charge in [0, 0.05) is 29.2 Å². The maximum Gasteiger partial charge on any atom is 0.237 e. The molecule has 0 unspecified atom stereocenters. The molecule has 9 heteroatoms. The van der Waals surface area contributed by atoms with Crippen molar-refractivity contribution < 1.29 is 4.52 Å². The fourth-order valence-electron chi connectivity index (χ4n) is 3.63. The van der Waals surface area contributed by atoms with E-state index < -0.39 is 0 Å². The Morgan fingerprint density at radius 3 is 2.76 bits per heavy atom. The van der Waals surface area contributed by atoms with Crippen LogP contribution in [0.2, 0.25) is 0 Å². The standard InChI is InChI=1S/C20H23BrN6OS/c1-13-7-9-26(10-8-13)19-23-24-20(27(19)16-5-6-16)29-12-17-22-18(25-28-17)14-3-2-4-15(21)11-14/h2-4,11,13,16H,5-10,12H2,1H3. The summed E-state index contributed by atoms with van der Waals surface area (Å²) in [5.74, 6) is 3.62. The molecule has 0 atom stereocenters. The molecule has 29 heavy (non-hydrogen) atoms. The van der Waals surface area contributed by atoms with Gasteiger partial charge < -0.3 is 9.42 Å². The van der Waals surface area contributed by atoms with E-state index in [9.17, 15) is 0 Å². The molecule has 0 N–H and O–H groups in total. The first-order valence-electron chi connectivity index (χ1n) is 10.1. The third kappa shape index (κ3) is 4.21. The molecule has 1 aliphatic heterocycles. The van der Waals surface area contributed by atoms with Gasteiger partial charge in [-0.3, -0.25) is 4.57 Å². The van der Waals surface area contributed by atoms with Crippen LogP contribution in [0.25, 0.3) is 11.4 Å². The Morgan fingerprint density at radius 1 is 1.17 bits per heavy atom. The van der Waals surface area contributed by atoms with Crippen LogP contribution in [0.3, 0.4) is 0 Å². The van der Waals surface area contributed by atoms with Crippen molar-refractivity contribution in [2.24, 2.45) is 5.92 Å². The van der Waals surface area contributed by atoms with Gasteiger partial charge in [0.25, 0.3) is 0 Å². The van der Waals surface area contributed by atoms with Crippen LogP contribution in [0.15, 0.2) is 38.4 Å². The Balaban J connectivity index is 1.30. The second-order valence-corrected chi connectivity index (χ2v) is 9.72. The third-order valence-corrected chi connectivity index (χ3v) is 6.92. The molecule has 0 amide bonds. The van der Waals surface area contributed by atoms with Crippen molar-refractivity contribution in [3.63, 3.8) is 0 Å². The van der Waals surface area contributed by atoms with Gasteiger partial charge in [0.2, 0.25) is 17.7 Å². The van der Waals surface area contributed by atoms with Gasteiger partial charge in [-0.15, -0.1) is 10.2 Å². The first-order valence-corrected chi connectivity index (χ1v) is 11.9. The largest absolute Gasteiger partial charge is 0.341 e. The number of halogens is 1. The molecule has 0 bridgehead atoms. The molecule has 2 aliphatic rings. The highest BCUT2D eigenvalue weighted by molar-refractivity contribution is 9.10. The maximum absolute atomic E-state index is 5.47. The second-order valence-electron chi connectivity index (χ2n) is 7.86. The number of aromatic nitrogens is 5. The lowest BCUT2D eigenvalue weighted by Crippen LogP contribution is -2.34. The van der Waals surface area contributed by atoms with Crippen molar-refractivity contribution in [2.45, 2.75) is 49.6 Å². The summed E-state index contributed by atoms with van der Waals surface area (Å²) in [6.45, 7) is 4.46. The molecule has 0 radical (unpaired) electrons. The first kappa shape index (κ1) is 19.1. The molecule has 3 heterocycles. The van der Waals surface area contributed by atoms with Gasteiger partial charge in [-0.2, -0.15) is 4.98 Å². The Kier molecular flexibility index (Phi) is 5.34. The summed E-state index contributed by atoms with van der Waals surface area (Å²) in [6.07, 6.45) is 4.85. The third-order valence-electron chi connectivity index (χ3n) is 5.50. The molecule has 1 saturated heterocycles. The van der Waals surface area contributed by atoms with Crippen LogP contribution >= 0.6 is 27.7 Å². The Bertz CT molecular complexity index is 993. The summed E-state index contributed by atoms with van der Waals surface area (Å²) < 4.78 is 8.79. The van der Waals surface area contributed by atoms with E-state index in [4.69, 9.17) is 4.52 Å². The molecule has 3 aromatic rings. The van der Waals surface area contributed by atoms with E-state index >= 15 is 0 Å². The predicted molar refractivity (Wildman–Crippen MR) is 116 cm³/mol. The highest BCUT2D eigenvalue weighted by atomic mass is 79.9. The predicted octanol–water partition coefficient (Wildman–Crippen LogP) is 4.95. The average molecular weight is 475 g/mol. The molecule has 1 saturated carbocycles. The van der Waals surface area contributed by atoms with Gasteiger partial charge >= 0.3 is 0 Å². The zero-order valence-electron chi connectivity index (χ0n) is 16.3. The zero-order chi connectivity index (χ0) is 19.8. The Morgan fingerprint density at radius 2 is 2.00 bits per heavy atom. The number of hydrogen-bond donors (Lipinski definition) is 0. The van der Waals surface area contributed by atoms with Gasteiger partial charge in [-0.25, -0.2) is 0 Å². The fraction of sp³-hybridized carbons (Fsp3) is 0.500. The summed E-state index contributed by atoms with van der Waals surface area (Å²) >= 11 is 5.10. The lowest BCUT2D eigenvalue weighted by Gasteiger charge is -2.31. The van der Waals surface area contributed by atoms with Crippen molar-refractivity contribution in [1.82, 2.24) is 24.9 Å². The zero-order valence-corrected chi connectivity index (χ0v) is 18.7. The Hall–Kier alpha value is -1.87. The molecule has 1 aliphatic carbocycles. The average Bonchev–Trinajstić information content (AvgIpc) is 3.30. The van der Waals surface area contributed by atoms with Crippen molar-refractivity contribution in [1.29, 1.82) is 0 Å². The normalized spacial score (nSPS) is 17.8. The molecular formula is C20H23BrN6OS. The minimum Gasteiger partial charge on any atom is -0.341 e. The summed E-state index contributed by atoms with van der Waals surface area (Å²) in [6, 6.07) is 8.43. The highest BCUT2D eigenvalue weighted by Crippen LogP contribution is 2.42. The van der Waals surface area contributed by atoms with Crippen molar-refractivity contribution in [3.05, 3.63) is 34.6 Å². The van der Waals surface area contributed by atoms with Crippen molar-refractivity contribution >= 4 is 33.6 Å². The summed E-state index contributed by atoms with van der Waals surface area (Å²) in [4.78, 5) is 6.94. The molecule has 7 nitrogen and oxygen atoms in total. The molecule has 0 spiro atoms. The van der Waals surface area contributed by atoms with Gasteiger partial charge in [0.15, 0.2) is 5.16 Å². The van der Waals surface area contributed by atoms with Crippen molar-refractivity contribution in [2.75, 3.05) is 18.0 Å². The van der Waals surface area contributed by atoms with Crippen LogP contribution in [-0.2, 0) is 5.75 Å². The van der Waals surface area contributed by atoms with Crippen LogP contribution in [0, 0.1) is 5.92 Å². The van der Waals surface area contributed by atoms with Crippen LogP contribution in [0.1, 0.15) is 44.5 Å². The monoisotopic (exact) mass is 474 g/mol. The van der Waals surface area contributed by atoms with E-state index in [0.717, 1.165) is 40.1 Å². The van der Waals surface area contributed by atoms with E-state index in [1.54, 1.807) is 11.8 Å². The Labute approximate surface area is 182 Å². The number of thioether (sulfide) groups is 1. The topological polar surface area (TPSA) is 72.9 Å². The number of hydrogen-bond acceptors (Lipinski definition) is 7. The van der Waals surface area contributed by atoms with Gasteiger partial charge in [-0.1, -0.05) is 51.9 Å². The molecule has 5 rings (SSSR count). The van der Waals surface area contributed by atoms with E-state index in [1.165, 1.54) is 25.7 Å². The highest BCUT2D eigenvalue weighted by Gasteiger charge is 2.32. The molecule has 1 aromatic carbocycles. The quantitative estimate of drug-likeness (QED) is 0.467. The van der Waals surface area contributed by atoms with Gasteiger partial charge in [0.05, 0.1) is 5.75 Å². The number of rotatable bonds is 6. The number of benzene rings is 1. The minimum absolute atomic E-state index is 0.529. The SMILES string of the molecule is CC1CCN(c2nnc(SCc3nc(-c4cccc(Br)c4)no3)n2C2CC2)CC1. The minimum atomic E-state index is 0.529. The number of nitrogens with zero attached hydrogens (tertiary/aromatic N) is 6. The second kappa shape index (κ2) is 8.10. The van der Waals surface area contributed by atoms with Crippen LogP contribution in [0.5, 0.6) is 0 Å². The van der Waals surface area contributed by atoms with Crippen LogP contribution in [0.4, 0.5) is 5.95 Å². The number of piperidine rings is 1. The van der Waals surface area contributed by atoms with Crippen LogP contribution in [-0.4, -0.2) is 38.0 Å². The molecule has 152 valence electrons.